The summed E-state index contributed by atoms with van der Waals surface area (Å²) in [4.78, 5) is 20.4. The Labute approximate surface area is 152 Å². The predicted molar refractivity (Wildman–Crippen MR) is 87.3 cm³/mol. The lowest BCUT2D eigenvalue weighted by atomic mass is 9.96. The van der Waals surface area contributed by atoms with Gasteiger partial charge in [-0.05, 0) is 25.0 Å². The van der Waals surface area contributed by atoms with Crippen LogP contribution in [-0.2, 0) is 16.5 Å². The van der Waals surface area contributed by atoms with Crippen LogP contribution in [-0.4, -0.2) is 26.8 Å². The summed E-state index contributed by atoms with van der Waals surface area (Å²) in [6.07, 6.45) is -0.323. The molecule has 0 aromatic carbocycles. The maximum atomic E-state index is 12.5. The fourth-order valence-corrected chi connectivity index (χ4v) is 3.60. The first-order chi connectivity index (χ1) is 12.3. The van der Waals surface area contributed by atoms with Gasteiger partial charge in [-0.2, -0.15) is 18.2 Å². The molecule has 0 bridgehead atoms. The van der Waals surface area contributed by atoms with Gasteiger partial charge in [0.15, 0.2) is 5.82 Å². The van der Waals surface area contributed by atoms with E-state index >= 15 is 0 Å². The van der Waals surface area contributed by atoms with Crippen molar-refractivity contribution in [3.05, 3.63) is 35.6 Å². The van der Waals surface area contributed by atoms with Crippen LogP contribution in [0.5, 0.6) is 0 Å². The second-order valence-corrected chi connectivity index (χ2v) is 7.14. The van der Waals surface area contributed by atoms with E-state index in [1.165, 1.54) is 6.07 Å². The molecule has 2 aromatic rings. The molecule has 1 amide bonds. The number of aromatic nitrogens is 3. The summed E-state index contributed by atoms with van der Waals surface area (Å²) in [5.41, 5.74) is -1.45. The molecule has 1 aliphatic carbocycles. The van der Waals surface area contributed by atoms with Crippen molar-refractivity contribution >= 4 is 17.7 Å². The topological polar surface area (TPSA) is 80.9 Å². The van der Waals surface area contributed by atoms with Crippen LogP contribution >= 0.6 is 11.8 Å². The molecule has 1 saturated carbocycles. The van der Waals surface area contributed by atoms with Crippen molar-refractivity contribution in [3.8, 4) is 0 Å². The maximum Gasteiger partial charge on any atom is 0.417 e. The first-order valence-electron chi connectivity index (χ1n) is 8.06. The third kappa shape index (κ3) is 4.17. The number of thioether (sulfide) groups is 1. The van der Waals surface area contributed by atoms with Gasteiger partial charge >= 0.3 is 6.18 Å². The molecule has 26 heavy (non-hydrogen) atoms. The molecule has 2 aromatic heterocycles. The van der Waals surface area contributed by atoms with Gasteiger partial charge in [0.25, 0.3) is 0 Å². The van der Waals surface area contributed by atoms with E-state index < -0.39 is 17.3 Å². The molecule has 0 saturated heterocycles. The van der Waals surface area contributed by atoms with Crippen molar-refractivity contribution in [3.63, 3.8) is 0 Å². The number of amides is 1. The zero-order valence-electron chi connectivity index (χ0n) is 14.0. The van der Waals surface area contributed by atoms with Crippen molar-refractivity contribution in [1.29, 1.82) is 0 Å². The van der Waals surface area contributed by atoms with E-state index in [1.54, 1.807) is 6.92 Å². The second kappa shape index (κ2) is 7.26. The molecule has 0 radical (unpaired) electrons. The van der Waals surface area contributed by atoms with Crippen molar-refractivity contribution in [2.75, 3.05) is 5.75 Å². The lowest BCUT2D eigenvalue weighted by Crippen LogP contribution is -2.45. The molecule has 140 valence electrons. The van der Waals surface area contributed by atoms with E-state index in [2.05, 4.69) is 20.4 Å². The molecule has 2 heterocycles. The minimum atomic E-state index is -4.43. The zero-order chi connectivity index (χ0) is 18.8. The van der Waals surface area contributed by atoms with E-state index in [9.17, 15) is 18.0 Å². The van der Waals surface area contributed by atoms with Gasteiger partial charge in [-0.15, -0.1) is 0 Å². The third-order valence-corrected chi connectivity index (χ3v) is 5.15. The lowest BCUT2D eigenvalue weighted by Gasteiger charge is -2.26. The average molecular weight is 386 g/mol. The minimum Gasteiger partial charge on any atom is -0.342 e. The summed E-state index contributed by atoms with van der Waals surface area (Å²) in [7, 11) is 0. The SMILES string of the molecule is Cc1nc(C2(NC(=O)CSc3ccc(C(F)(F)F)cn3)CCCC2)no1. The normalized spacial score (nSPS) is 16.6. The highest BCUT2D eigenvalue weighted by Crippen LogP contribution is 2.37. The number of hydrogen-bond acceptors (Lipinski definition) is 6. The molecule has 3 rings (SSSR count). The van der Waals surface area contributed by atoms with Crippen molar-refractivity contribution < 1.29 is 22.5 Å². The van der Waals surface area contributed by atoms with E-state index in [0.29, 0.717) is 16.7 Å². The fraction of sp³-hybridized carbons (Fsp3) is 0.500. The zero-order valence-corrected chi connectivity index (χ0v) is 14.8. The predicted octanol–water partition coefficient (Wildman–Crippen LogP) is 3.47. The molecular formula is C16H17F3N4O2S. The summed E-state index contributed by atoms with van der Waals surface area (Å²) >= 11 is 1.08. The Bertz CT molecular complexity index is 771. The number of rotatable bonds is 5. The Balaban J connectivity index is 1.61. The van der Waals surface area contributed by atoms with Crippen LogP contribution in [0, 0.1) is 6.92 Å². The van der Waals surface area contributed by atoms with Crippen LogP contribution in [0.25, 0.3) is 0 Å². The van der Waals surface area contributed by atoms with Gasteiger partial charge < -0.3 is 9.84 Å². The standard InChI is InChI=1S/C16H17F3N4O2S/c1-10-21-14(23-25-10)15(6-2-3-7-15)22-12(24)9-26-13-5-4-11(8-20-13)16(17,18)19/h4-5,8H,2-3,6-7,9H2,1H3,(H,22,24). The van der Waals surface area contributed by atoms with E-state index in [1.807, 2.05) is 0 Å². The summed E-state index contributed by atoms with van der Waals surface area (Å²) in [6, 6.07) is 2.21. The Morgan fingerprint density at radius 3 is 2.62 bits per heavy atom. The van der Waals surface area contributed by atoms with Gasteiger partial charge in [-0.3, -0.25) is 4.79 Å². The van der Waals surface area contributed by atoms with E-state index in [4.69, 9.17) is 4.52 Å². The van der Waals surface area contributed by atoms with E-state index in [-0.39, 0.29) is 11.7 Å². The molecule has 10 heteroatoms. The number of hydrogen-bond donors (Lipinski definition) is 1. The van der Waals surface area contributed by atoms with Crippen LogP contribution in [0.1, 0.15) is 43.0 Å². The highest BCUT2D eigenvalue weighted by Gasteiger charge is 2.41. The van der Waals surface area contributed by atoms with Gasteiger partial charge in [0.05, 0.1) is 16.3 Å². The highest BCUT2D eigenvalue weighted by atomic mass is 32.2. The maximum absolute atomic E-state index is 12.5. The summed E-state index contributed by atoms with van der Waals surface area (Å²) < 4.78 is 42.6. The largest absolute Gasteiger partial charge is 0.417 e. The second-order valence-electron chi connectivity index (χ2n) is 6.15. The Kier molecular flexibility index (Phi) is 5.22. The number of aryl methyl sites for hydroxylation is 1. The van der Waals surface area contributed by atoms with Gasteiger partial charge in [0.2, 0.25) is 11.8 Å². The molecule has 0 spiro atoms. The smallest absolute Gasteiger partial charge is 0.342 e. The lowest BCUT2D eigenvalue weighted by molar-refractivity contribution is -0.137. The molecular weight excluding hydrogens is 369 g/mol. The molecule has 0 unspecified atom stereocenters. The first-order valence-corrected chi connectivity index (χ1v) is 9.05. The minimum absolute atomic E-state index is 0.0386. The number of halogens is 3. The molecule has 1 N–H and O–H groups in total. The Hall–Kier alpha value is -2.10. The Morgan fingerprint density at radius 1 is 1.35 bits per heavy atom. The van der Waals surface area contributed by atoms with Crippen molar-refractivity contribution in [1.82, 2.24) is 20.4 Å². The van der Waals surface area contributed by atoms with Gasteiger partial charge in [-0.25, -0.2) is 4.98 Å². The quantitative estimate of drug-likeness (QED) is 0.793. The van der Waals surface area contributed by atoms with Crippen LogP contribution < -0.4 is 5.32 Å². The van der Waals surface area contributed by atoms with Crippen LogP contribution in [0.15, 0.2) is 27.9 Å². The number of nitrogens with zero attached hydrogens (tertiary/aromatic N) is 3. The molecule has 0 aliphatic heterocycles. The van der Waals surface area contributed by atoms with E-state index in [0.717, 1.165) is 49.7 Å². The number of nitrogens with one attached hydrogen (secondary N) is 1. The first kappa shape index (κ1) is 18.7. The molecule has 6 nitrogen and oxygen atoms in total. The Morgan fingerprint density at radius 2 is 2.08 bits per heavy atom. The van der Waals surface area contributed by atoms with Gasteiger partial charge in [0.1, 0.15) is 5.54 Å². The van der Waals surface area contributed by atoms with Crippen molar-refractivity contribution in [2.24, 2.45) is 0 Å². The van der Waals surface area contributed by atoms with Gasteiger partial charge in [0, 0.05) is 13.1 Å². The molecule has 0 atom stereocenters. The summed E-state index contributed by atoms with van der Waals surface area (Å²) in [5.74, 6) is 0.695. The van der Waals surface area contributed by atoms with Gasteiger partial charge in [-0.1, -0.05) is 29.8 Å². The van der Waals surface area contributed by atoms with Crippen molar-refractivity contribution in [2.45, 2.75) is 49.3 Å². The number of carbonyl (C=O) groups excluding carboxylic acids is 1. The highest BCUT2D eigenvalue weighted by molar-refractivity contribution is 7.99. The number of carbonyl (C=O) groups is 1. The summed E-state index contributed by atoms with van der Waals surface area (Å²) in [5, 5.41) is 7.27. The fourth-order valence-electron chi connectivity index (χ4n) is 2.95. The molecule has 1 aliphatic rings. The van der Waals surface area contributed by atoms with Crippen LogP contribution in [0.4, 0.5) is 13.2 Å². The summed E-state index contributed by atoms with van der Waals surface area (Å²) in [6.45, 7) is 1.69. The average Bonchev–Trinajstić information content (AvgIpc) is 3.22. The van der Waals surface area contributed by atoms with Crippen LogP contribution in [0.2, 0.25) is 0 Å². The molecule has 1 fully saturated rings. The number of pyridine rings is 1. The monoisotopic (exact) mass is 386 g/mol. The number of alkyl halides is 3. The third-order valence-electron chi connectivity index (χ3n) is 4.21. The van der Waals surface area contributed by atoms with Crippen LogP contribution in [0.3, 0.4) is 0 Å².